The van der Waals surface area contributed by atoms with Crippen LogP contribution >= 0.6 is 0 Å². The van der Waals surface area contributed by atoms with Crippen molar-refractivity contribution in [2.45, 2.75) is 13.8 Å². The van der Waals surface area contributed by atoms with E-state index in [1.165, 1.54) is 11.8 Å². The van der Waals surface area contributed by atoms with Gasteiger partial charge in [-0.3, -0.25) is 0 Å². The molecule has 0 aliphatic heterocycles. The van der Waals surface area contributed by atoms with Crippen LogP contribution in [0.3, 0.4) is 0 Å². The van der Waals surface area contributed by atoms with Gasteiger partial charge in [-0.2, -0.15) is 0 Å². The van der Waals surface area contributed by atoms with Crippen molar-refractivity contribution in [3.8, 4) is 0 Å². The molecule has 0 nitrogen and oxygen atoms in total. The molecule has 18 heavy (non-hydrogen) atoms. The predicted octanol–water partition coefficient (Wildman–Crippen LogP) is 3.84. The van der Waals surface area contributed by atoms with Gasteiger partial charge in [-0.1, -0.05) is 13.8 Å². The monoisotopic (exact) mass is 389 g/mol. The van der Waals surface area contributed by atoms with E-state index >= 15 is 0 Å². The van der Waals surface area contributed by atoms with Crippen LogP contribution in [-0.2, 0) is 0 Å². The summed E-state index contributed by atoms with van der Waals surface area (Å²) in [5, 5.41) is 0. The minimum absolute atomic E-state index is 0. The van der Waals surface area contributed by atoms with Crippen LogP contribution in [0.5, 0.6) is 0 Å². The summed E-state index contributed by atoms with van der Waals surface area (Å²) in [5.41, 5.74) is 0. The molecule has 3 rings (SSSR count). The Morgan fingerprint density at radius 2 is 0.667 bits per heavy atom. The van der Waals surface area contributed by atoms with Crippen LogP contribution in [0.2, 0.25) is 0 Å². The molecule has 0 saturated heterocycles. The van der Waals surface area contributed by atoms with E-state index in [4.69, 9.17) is 0 Å². The van der Waals surface area contributed by atoms with Gasteiger partial charge in [-0.05, 0) is 95.3 Å². The van der Waals surface area contributed by atoms with Gasteiger partial charge < -0.3 is 0 Å². The Kier molecular flexibility index (Phi) is 14.2. The van der Waals surface area contributed by atoms with Crippen molar-refractivity contribution in [2.24, 2.45) is 0 Å². The molecule has 3 aliphatic carbocycles. The minimum Gasteiger partial charge on any atom is -0.0585 e. The van der Waals surface area contributed by atoms with Gasteiger partial charge >= 0.3 is 0 Å². The van der Waals surface area contributed by atoms with Crippen molar-refractivity contribution in [1.29, 1.82) is 0 Å². The second kappa shape index (κ2) is 13.2. The maximum atomic E-state index is 2.08. The van der Waals surface area contributed by atoms with Crippen LogP contribution in [0.4, 0.5) is 0 Å². The quantitative estimate of drug-likeness (QED) is 0.589. The van der Waals surface area contributed by atoms with Gasteiger partial charge in [0, 0.05) is 37.3 Å². The van der Waals surface area contributed by atoms with Crippen LogP contribution in [0.15, 0.2) is 0 Å². The molecule has 0 bridgehead atoms. The molecule has 0 aromatic heterocycles. The zero-order chi connectivity index (χ0) is 12.3. The van der Waals surface area contributed by atoms with Crippen molar-refractivity contribution in [3.05, 3.63) is 95.3 Å². The number of hydrogen-bond acceptors (Lipinski definition) is 0. The van der Waals surface area contributed by atoms with Gasteiger partial charge in [0.25, 0.3) is 0 Å². The summed E-state index contributed by atoms with van der Waals surface area (Å²) in [7, 11) is 0. The molecule has 0 N–H and O–H groups in total. The van der Waals surface area contributed by atoms with Crippen LogP contribution < -0.4 is 0 Å². The van der Waals surface area contributed by atoms with Crippen molar-refractivity contribution in [3.63, 3.8) is 0 Å². The Labute approximate surface area is 145 Å². The minimum atomic E-state index is 0. The topological polar surface area (TPSA) is 0 Å². The molecule has 3 fully saturated rings. The van der Waals surface area contributed by atoms with Crippen molar-refractivity contribution >= 4 is 0 Å². The van der Waals surface area contributed by atoms with Crippen LogP contribution in [-0.4, -0.2) is 0 Å². The van der Waals surface area contributed by atoms with E-state index in [9.17, 15) is 0 Å². The summed E-state index contributed by atoms with van der Waals surface area (Å²) in [6.07, 6.45) is 26.5. The molecular formula is C17H19Er. The van der Waals surface area contributed by atoms with Crippen molar-refractivity contribution < 1.29 is 37.3 Å². The van der Waals surface area contributed by atoms with E-state index in [1.54, 1.807) is 0 Å². The van der Waals surface area contributed by atoms with Crippen molar-refractivity contribution in [1.82, 2.24) is 0 Å². The Hall–Kier alpha value is 1.25. The molecule has 15 radical (unpaired) electrons. The fraction of sp³-hybridized carbons (Fsp3) is 0.118. The molecule has 1 heteroatoms. The van der Waals surface area contributed by atoms with E-state index < -0.39 is 0 Å². The van der Waals surface area contributed by atoms with Gasteiger partial charge in [0.15, 0.2) is 0 Å². The Balaban J connectivity index is 0.000000235. The van der Waals surface area contributed by atoms with Crippen LogP contribution in [0, 0.1) is 133 Å². The molecule has 0 aromatic rings. The maximum Gasteiger partial charge on any atom is 0 e. The molecule has 0 amide bonds. The summed E-state index contributed by atoms with van der Waals surface area (Å²) in [4.78, 5) is 0. The smallest absolute Gasteiger partial charge is 0 e. The molecule has 0 unspecified atom stereocenters. The Morgan fingerprint density at radius 3 is 0.778 bits per heavy atom. The summed E-state index contributed by atoms with van der Waals surface area (Å²) in [6.45, 7) is 4.17. The first-order chi connectivity index (χ1) is 8.29. The zero-order valence-electron chi connectivity index (χ0n) is 10.8. The second-order valence-corrected chi connectivity index (χ2v) is 3.89. The van der Waals surface area contributed by atoms with E-state index in [1.807, 2.05) is 57.8 Å². The summed E-state index contributed by atoms with van der Waals surface area (Å²) in [6, 6.07) is 0. The average Bonchev–Trinajstić information content (AvgIpc) is 2.99. The fourth-order valence-corrected chi connectivity index (χ4v) is 1.26. The maximum absolute atomic E-state index is 2.08. The first kappa shape index (κ1) is 19.2. The molecular weight excluding hydrogens is 371 g/mol. The predicted molar refractivity (Wildman–Crippen MR) is 73.7 cm³/mol. The van der Waals surface area contributed by atoms with Gasteiger partial charge in [-0.15, -0.1) is 0 Å². The third-order valence-electron chi connectivity index (χ3n) is 2.21. The SMILES string of the molecule is C[C]1[CH][CH][CH][CH]1.C[C]1[CH][CH][CH][CH]1.[CH]1[CH][CH][CH][CH]1.[Er]. The standard InChI is InChI=1S/2C6H7.C5H5.Er/c2*1-6-4-2-3-5-6;1-2-4-5-3-1;/h2*2-5H,1H3;1-5H;. The Morgan fingerprint density at radius 1 is 0.444 bits per heavy atom. The average molecular weight is 391 g/mol. The molecule has 3 saturated carbocycles. The van der Waals surface area contributed by atoms with Crippen molar-refractivity contribution in [2.75, 3.05) is 0 Å². The molecule has 99 valence electrons. The number of rotatable bonds is 0. The summed E-state index contributed by atoms with van der Waals surface area (Å²) >= 11 is 0. The zero-order valence-corrected chi connectivity index (χ0v) is 12.6. The first-order valence-corrected chi connectivity index (χ1v) is 5.82. The van der Waals surface area contributed by atoms with Gasteiger partial charge in [0.05, 0.1) is 0 Å². The molecule has 3 aliphatic rings. The van der Waals surface area contributed by atoms with Crippen LogP contribution in [0.1, 0.15) is 13.8 Å². The van der Waals surface area contributed by atoms with E-state index in [2.05, 4.69) is 39.5 Å². The van der Waals surface area contributed by atoms with Gasteiger partial charge in [0.2, 0.25) is 0 Å². The second-order valence-electron chi connectivity index (χ2n) is 3.89. The third kappa shape index (κ3) is 11.1. The van der Waals surface area contributed by atoms with Gasteiger partial charge in [-0.25, -0.2) is 0 Å². The molecule has 0 aromatic carbocycles. The van der Waals surface area contributed by atoms with Gasteiger partial charge in [0.1, 0.15) is 0 Å². The first-order valence-electron chi connectivity index (χ1n) is 5.82. The molecule has 0 atom stereocenters. The normalized spacial score (nSPS) is 23.7. The van der Waals surface area contributed by atoms with Crippen LogP contribution in [0.25, 0.3) is 0 Å². The summed E-state index contributed by atoms with van der Waals surface area (Å²) in [5.74, 6) is 2.69. The largest absolute Gasteiger partial charge is 0.0585 e. The molecule has 0 spiro atoms. The van der Waals surface area contributed by atoms with E-state index in [0.717, 1.165) is 0 Å². The number of hydrogen-bond donors (Lipinski definition) is 0. The fourth-order valence-electron chi connectivity index (χ4n) is 1.26. The Bertz CT molecular complexity index is 129. The van der Waals surface area contributed by atoms with E-state index in [-0.39, 0.29) is 37.3 Å². The summed E-state index contributed by atoms with van der Waals surface area (Å²) < 4.78 is 0. The third-order valence-corrected chi connectivity index (χ3v) is 2.21. The van der Waals surface area contributed by atoms with E-state index in [0.29, 0.717) is 0 Å². The molecule has 0 heterocycles.